The van der Waals surface area contributed by atoms with Gasteiger partial charge in [-0.25, -0.2) is 0 Å². The number of amides is 2. The highest BCUT2D eigenvalue weighted by Gasteiger charge is 2.30. The largest absolute Gasteiger partial charge is 0.352 e. The molecule has 2 fully saturated rings. The summed E-state index contributed by atoms with van der Waals surface area (Å²) in [7, 11) is 0. The number of aryl methyl sites for hydroxylation is 1. The molecule has 1 unspecified atom stereocenters. The van der Waals surface area contributed by atoms with E-state index in [1.54, 1.807) is 0 Å². The van der Waals surface area contributed by atoms with E-state index in [2.05, 4.69) is 39.5 Å². The van der Waals surface area contributed by atoms with E-state index < -0.39 is 0 Å². The Morgan fingerprint density at radius 3 is 2.38 bits per heavy atom. The van der Waals surface area contributed by atoms with Crippen molar-refractivity contribution in [2.45, 2.75) is 45.3 Å². The zero-order valence-corrected chi connectivity index (χ0v) is 15.8. The lowest BCUT2D eigenvalue weighted by molar-refractivity contribution is -0.128. The van der Waals surface area contributed by atoms with Crippen molar-refractivity contribution in [3.8, 4) is 0 Å². The highest BCUT2D eigenvalue weighted by atomic mass is 16.2. The third kappa shape index (κ3) is 5.54. The van der Waals surface area contributed by atoms with Crippen molar-refractivity contribution in [1.82, 2.24) is 20.4 Å². The summed E-state index contributed by atoms with van der Waals surface area (Å²) in [5, 5.41) is 6.06. The summed E-state index contributed by atoms with van der Waals surface area (Å²) in [5.74, 6) is 0.190. The summed E-state index contributed by atoms with van der Waals surface area (Å²) in [5.41, 5.74) is 2.34. The zero-order chi connectivity index (χ0) is 18.5. The summed E-state index contributed by atoms with van der Waals surface area (Å²) in [4.78, 5) is 28.7. The lowest BCUT2D eigenvalue weighted by atomic mass is 10.1. The molecule has 1 aromatic rings. The van der Waals surface area contributed by atoms with E-state index in [9.17, 15) is 9.59 Å². The topological polar surface area (TPSA) is 64.7 Å². The summed E-state index contributed by atoms with van der Waals surface area (Å²) < 4.78 is 0. The molecular formula is C20H30N4O2. The van der Waals surface area contributed by atoms with Crippen LogP contribution in [0.4, 0.5) is 0 Å². The third-order valence-corrected chi connectivity index (χ3v) is 5.24. The standard InChI is InChI=1S/C20H30N4O2/c1-15-3-5-17(6-4-15)13-21-19(25)14-23-9-11-24(12-10-23)16(2)20(26)22-18-7-8-18/h3-6,16,18H,7-14H2,1-2H3,(H,21,25)(H,22,26). The molecule has 6 nitrogen and oxygen atoms in total. The van der Waals surface area contributed by atoms with Gasteiger partial charge in [-0.1, -0.05) is 29.8 Å². The van der Waals surface area contributed by atoms with Gasteiger partial charge in [0.1, 0.15) is 0 Å². The molecule has 1 atom stereocenters. The van der Waals surface area contributed by atoms with Gasteiger partial charge in [-0.2, -0.15) is 0 Å². The number of rotatable bonds is 7. The maximum absolute atomic E-state index is 12.2. The van der Waals surface area contributed by atoms with Crippen LogP contribution in [0.1, 0.15) is 30.9 Å². The first-order chi connectivity index (χ1) is 12.5. The number of carbonyl (C=O) groups is 2. The minimum Gasteiger partial charge on any atom is -0.352 e. The fraction of sp³-hybridized carbons (Fsp3) is 0.600. The van der Waals surface area contributed by atoms with Crippen molar-refractivity contribution >= 4 is 11.8 Å². The van der Waals surface area contributed by atoms with Crippen molar-refractivity contribution in [2.75, 3.05) is 32.7 Å². The first kappa shape index (κ1) is 18.9. The molecular weight excluding hydrogens is 328 g/mol. The van der Waals surface area contributed by atoms with Crippen LogP contribution in [0.25, 0.3) is 0 Å². The van der Waals surface area contributed by atoms with Gasteiger partial charge in [0.2, 0.25) is 11.8 Å². The maximum atomic E-state index is 12.2. The van der Waals surface area contributed by atoms with Gasteiger partial charge in [0.05, 0.1) is 12.6 Å². The average Bonchev–Trinajstić information content (AvgIpc) is 3.45. The average molecular weight is 358 g/mol. The Morgan fingerprint density at radius 2 is 1.77 bits per heavy atom. The molecule has 6 heteroatoms. The molecule has 2 amide bonds. The Hall–Kier alpha value is -1.92. The van der Waals surface area contributed by atoms with Crippen LogP contribution in [0.15, 0.2) is 24.3 Å². The van der Waals surface area contributed by atoms with E-state index in [-0.39, 0.29) is 17.9 Å². The summed E-state index contributed by atoms with van der Waals surface area (Å²) in [6.07, 6.45) is 2.23. The van der Waals surface area contributed by atoms with Crippen LogP contribution in [0.5, 0.6) is 0 Å². The number of nitrogens with zero attached hydrogens (tertiary/aromatic N) is 2. The molecule has 1 saturated carbocycles. The fourth-order valence-electron chi connectivity index (χ4n) is 3.19. The number of hydrogen-bond acceptors (Lipinski definition) is 4. The van der Waals surface area contributed by atoms with E-state index in [0.29, 0.717) is 19.1 Å². The minimum absolute atomic E-state index is 0.0542. The van der Waals surface area contributed by atoms with E-state index in [1.807, 2.05) is 19.1 Å². The van der Waals surface area contributed by atoms with Gasteiger partial charge in [0, 0.05) is 38.8 Å². The Bertz CT molecular complexity index is 619. The van der Waals surface area contributed by atoms with Crippen LogP contribution < -0.4 is 10.6 Å². The smallest absolute Gasteiger partial charge is 0.237 e. The van der Waals surface area contributed by atoms with Crippen LogP contribution in [-0.4, -0.2) is 66.4 Å². The lowest BCUT2D eigenvalue weighted by Crippen LogP contribution is -2.55. The molecule has 1 aliphatic carbocycles. The Morgan fingerprint density at radius 1 is 1.12 bits per heavy atom. The van der Waals surface area contributed by atoms with E-state index in [0.717, 1.165) is 44.6 Å². The first-order valence-corrected chi connectivity index (χ1v) is 9.60. The Labute approximate surface area is 155 Å². The molecule has 3 rings (SSSR count). The van der Waals surface area contributed by atoms with E-state index in [4.69, 9.17) is 0 Å². The van der Waals surface area contributed by atoms with E-state index >= 15 is 0 Å². The second-order valence-corrected chi connectivity index (χ2v) is 7.53. The molecule has 1 heterocycles. The first-order valence-electron chi connectivity index (χ1n) is 9.60. The molecule has 1 aromatic carbocycles. The van der Waals surface area contributed by atoms with Crippen LogP contribution in [0.3, 0.4) is 0 Å². The molecule has 0 aromatic heterocycles. The predicted octanol–water partition coefficient (Wildman–Crippen LogP) is 0.896. The number of piperazine rings is 1. The normalized spacial score (nSPS) is 19.8. The zero-order valence-electron chi connectivity index (χ0n) is 15.8. The molecule has 0 bridgehead atoms. The molecule has 2 N–H and O–H groups in total. The summed E-state index contributed by atoms with van der Waals surface area (Å²) >= 11 is 0. The maximum Gasteiger partial charge on any atom is 0.237 e. The van der Waals surface area contributed by atoms with Gasteiger partial charge in [0.25, 0.3) is 0 Å². The lowest BCUT2D eigenvalue weighted by Gasteiger charge is -2.37. The molecule has 1 saturated heterocycles. The SMILES string of the molecule is Cc1ccc(CNC(=O)CN2CCN(C(C)C(=O)NC3CC3)CC2)cc1. The summed E-state index contributed by atoms with van der Waals surface area (Å²) in [6.45, 7) is 8.30. The highest BCUT2D eigenvalue weighted by Crippen LogP contribution is 2.19. The van der Waals surface area contributed by atoms with Gasteiger partial charge < -0.3 is 10.6 Å². The van der Waals surface area contributed by atoms with Gasteiger partial charge in [-0.3, -0.25) is 19.4 Å². The van der Waals surface area contributed by atoms with Crippen LogP contribution in [0, 0.1) is 6.92 Å². The Kier molecular flexibility index (Phi) is 6.27. The molecule has 1 aliphatic heterocycles. The van der Waals surface area contributed by atoms with E-state index in [1.165, 1.54) is 5.56 Å². The van der Waals surface area contributed by atoms with Crippen molar-refractivity contribution in [3.05, 3.63) is 35.4 Å². The number of nitrogens with one attached hydrogen (secondary N) is 2. The van der Waals surface area contributed by atoms with Crippen molar-refractivity contribution in [3.63, 3.8) is 0 Å². The predicted molar refractivity (Wildman–Crippen MR) is 102 cm³/mol. The van der Waals surface area contributed by atoms with Gasteiger partial charge in [-0.15, -0.1) is 0 Å². The number of benzene rings is 1. The monoisotopic (exact) mass is 358 g/mol. The van der Waals surface area contributed by atoms with Crippen molar-refractivity contribution in [1.29, 1.82) is 0 Å². The van der Waals surface area contributed by atoms with Gasteiger partial charge in [0.15, 0.2) is 0 Å². The second-order valence-electron chi connectivity index (χ2n) is 7.53. The van der Waals surface area contributed by atoms with Crippen LogP contribution >= 0.6 is 0 Å². The van der Waals surface area contributed by atoms with Gasteiger partial charge in [-0.05, 0) is 32.3 Å². The second kappa shape index (κ2) is 8.64. The fourth-order valence-corrected chi connectivity index (χ4v) is 3.19. The number of carbonyl (C=O) groups excluding carboxylic acids is 2. The van der Waals surface area contributed by atoms with Crippen molar-refractivity contribution in [2.24, 2.45) is 0 Å². The van der Waals surface area contributed by atoms with Gasteiger partial charge >= 0.3 is 0 Å². The summed E-state index contributed by atoms with van der Waals surface area (Å²) in [6, 6.07) is 8.52. The highest BCUT2D eigenvalue weighted by molar-refractivity contribution is 5.82. The Balaban J connectivity index is 1.35. The molecule has 26 heavy (non-hydrogen) atoms. The molecule has 142 valence electrons. The molecule has 0 radical (unpaired) electrons. The van der Waals surface area contributed by atoms with Crippen LogP contribution in [-0.2, 0) is 16.1 Å². The quantitative estimate of drug-likeness (QED) is 0.760. The van der Waals surface area contributed by atoms with Crippen LogP contribution in [0.2, 0.25) is 0 Å². The van der Waals surface area contributed by atoms with Crippen molar-refractivity contribution < 1.29 is 9.59 Å². The number of hydrogen-bond donors (Lipinski definition) is 2. The molecule has 2 aliphatic rings. The third-order valence-electron chi connectivity index (χ3n) is 5.24. The molecule has 0 spiro atoms. The minimum atomic E-state index is -0.0897.